The largest absolute Gasteiger partial charge is 0.465 e. The van der Waals surface area contributed by atoms with E-state index < -0.39 is 5.41 Å². The lowest BCUT2D eigenvalue weighted by molar-refractivity contribution is -0.162. The van der Waals surface area contributed by atoms with Gasteiger partial charge in [-0.3, -0.25) is 9.59 Å². The molecule has 0 amide bonds. The molecule has 1 saturated carbocycles. The zero-order valence-corrected chi connectivity index (χ0v) is 13.6. The van der Waals surface area contributed by atoms with Crippen LogP contribution in [0.1, 0.15) is 44.6 Å². The van der Waals surface area contributed by atoms with E-state index >= 15 is 0 Å². The van der Waals surface area contributed by atoms with E-state index in [1.54, 1.807) is 6.92 Å². The Hall–Kier alpha value is -1.61. The highest BCUT2D eigenvalue weighted by molar-refractivity contribution is 6.30. The van der Waals surface area contributed by atoms with Crippen LogP contribution in [0.4, 0.5) is 0 Å². The Labute approximate surface area is 136 Å². The molecule has 1 aliphatic rings. The monoisotopic (exact) mass is 320 g/mol. The second kappa shape index (κ2) is 7.59. The molecule has 0 N–H and O–H groups in total. The number of Topliss-reactive ketones (excluding diaryl/α,β-unsaturated/α-hetero) is 1. The number of hydrogen-bond donors (Lipinski definition) is 0. The Bertz CT molecular complexity index is 562. The van der Waals surface area contributed by atoms with Crippen LogP contribution in [0.25, 0.3) is 6.08 Å². The Balaban J connectivity index is 2.14. The quantitative estimate of drug-likeness (QED) is 0.595. The van der Waals surface area contributed by atoms with Crippen LogP contribution in [0.2, 0.25) is 5.02 Å². The van der Waals surface area contributed by atoms with E-state index in [4.69, 9.17) is 16.3 Å². The summed E-state index contributed by atoms with van der Waals surface area (Å²) in [5, 5.41) is 0.683. The van der Waals surface area contributed by atoms with Gasteiger partial charge < -0.3 is 4.74 Å². The minimum Gasteiger partial charge on any atom is -0.465 e. The van der Waals surface area contributed by atoms with Crippen molar-refractivity contribution < 1.29 is 14.3 Å². The minimum atomic E-state index is -0.989. The fourth-order valence-electron chi connectivity index (χ4n) is 2.85. The number of carbonyl (C=O) groups excluding carboxylic acids is 2. The molecule has 1 aliphatic carbocycles. The summed E-state index contributed by atoms with van der Waals surface area (Å²) in [6, 6.07) is 7.43. The summed E-state index contributed by atoms with van der Waals surface area (Å²) in [4.78, 5) is 24.7. The van der Waals surface area contributed by atoms with Crippen LogP contribution in [0.3, 0.4) is 0 Å². The third-order valence-electron chi connectivity index (χ3n) is 4.10. The van der Waals surface area contributed by atoms with Gasteiger partial charge in [-0.15, -0.1) is 0 Å². The summed E-state index contributed by atoms with van der Waals surface area (Å²) >= 11 is 5.86. The number of ether oxygens (including phenoxy) is 1. The SMILES string of the molecule is CCOC(=O)[C@]1(C/C=C/c2ccc(Cl)cc2)CCCCC1=O. The normalized spacial score (nSPS) is 22.0. The average molecular weight is 321 g/mol. The first kappa shape index (κ1) is 16.8. The Morgan fingerprint density at radius 2 is 2.05 bits per heavy atom. The highest BCUT2D eigenvalue weighted by Crippen LogP contribution is 2.38. The molecule has 0 saturated heterocycles. The van der Waals surface area contributed by atoms with Crippen LogP contribution in [0.15, 0.2) is 30.3 Å². The van der Waals surface area contributed by atoms with E-state index in [2.05, 4.69) is 0 Å². The second-order valence-corrected chi connectivity index (χ2v) is 6.03. The third kappa shape index (κ3) is 3.77. The van der Waals surface area contributed by atoms with Crippen LogP contribution in [-0.4, -0.2) is 18.4 Å². The molecule has 0 radical (unpaired) electrons. The van der Waals surface area contributed by atoms with Crippen molar-refractivity contribution >= 4 is 29.4 Å². The van der Waals surface area contributed by atoms with Gasteiger partial charge in [-0.05, 0) is 43.9 Å². The first-order chi connectivity index (χ1) is 10.6. The topological polar surface area (TPSA) is 43.4 Å². The molecule has 0 heterocycles. The molecule has 0 unspecified atom stereocenters. The van der Waals surface area contributed by atoms with Gasteiger partial charge in [-0.2, -0.15) is 0 Å². The molecule has 4 heteroatoms. The van der Waals surface area contributed by atoms with E-state index in [9.17, 15) is 9.59 Å². The maximum atomic E-state index is 12.4. The zero-order valence-electron chi connectivity index (χ0n) is 12.8. The number of allylic oxidation sites excluding steroid dienone is 1. The fraction of sp³-hybridized carbons (Fsp3) is 0.444. The van der Waals surface area contributed by atoms with Gasteiger partial charge in [0.2, 0.25) is 0 Å². The molecule has 118 valence electrons. The predicted octanol–water partition coefficient (Wildman–Crippen LogP) is 4.44. The third-order valence-corrected chi connectivity index (χ3v) is 4.36. The molecular formula is C18H21ClO3. The maximum absolute atomic E-state index is 12.4. The minimum absolute atomic E-state index is 0.0120. The number of esters is 1. The lowest BCUT2D eigenvalue weighted by Crippen LogP contribution is -2.42. The first-order valence-corrected chi connectivity index (χ1v) is 8.09. The smallest absolute Gasteiger partial charge is 0.319 e. The lowest BCUT2D eigenvalue weighted by atomic mass is 9.70. The van der Waals surface area contributed by atoms with Gasteiger partial charge in [0.1, 0.15) is 11.2 Å². The number of halogens is 1. The first-order valence-electron chi connectivity index (χ1n) is 7.71. The van der Waals surface area contributed by atoms with Crippen LogP contribution >= 0.6 is 11.6 Å². The summed E-state index contributed by atoms with van der Waals surface area (Å²) in [6.45, 7) is 2.07. The lowest BCUT2D eigenvalue weighted by Gasteiger charge is -2.32. The molecule has 0 spiro atoms. The molecular weight excluding hydrogens is 300 g/mol. The second-order valence-electron chi connectivity index (χ2n) is 5.59. The molecule has 1 aromatic carbocycles. The van der Waals surface area contributed by atoms with Gasteiger partial charge in [0, 0.05) is 11.4 Å². The standard InChI is InChI=1S/C18H21ClO3/c1-2-22-17(21)18(12-4-3-7-16(18)20)13-5-6-14-8-10-15(19)11-9-14/h5-6,8-11H,2-4,7,12-13H2,1H3/b6-5+/t18-/m0/s1. The van der Waals surface area contributed by atoms with E-state index in [-0.39, 0.29) is 11.8 Å². The molecule has 0 bridgehead atoms. The Morgan fingerprint density at radius 1 is 1.32 bits per heavy atom. The van der Waals surface area contributed by atoms with Crippen molar-refractivity contribution in [3.05, 3.63) is 40.9 Å². The van der Waals surface area contributed by atoms with E-state index in [1.165, 1.54) is 0 Å². The Morgan fingerprint density at radius 3 is 2.68 bits per heavy atom. The van der Waals surface area contributed by atoms with Gasteiger partial charge >= 0.3 is 5.97 Å². The molecule has 3 nitrogen and oxygen atoms in total. The van der Waals surface area contributed by atoms with Crippen molar-refractivity contribution in [2.24, 2.45) is 5.41 Å². The number of rotatable bonds is 5. The van der Waals surface area contributed by atoms with E-state index in [0.717, 1.165) is 18.4 Å². The fourth-order valence-corrected chi connectivity index (χ4v) is 2.97. The molecule has 1 fully saturated rings. The highest BCUT2D eigenvalue weighted by Gasteiger charge is 2.46. The molecule has 22 heavy (non-hydrogen) atoms. The predicted molar refractivity (Wildman–Crippen MR) is 87.6 cm³/mol. The van der Waals surface area contributed by atoms with Crippen LogP contribution in [-0.2, 0) is 14.3 Å². The average Bonchev–Trinajstić information content (AvgIpc) is 2.51. The van der Waals surface area contributed by atoms with E-state index in [1.807, 2.05) is 36.4 Å². The van der Waals surface area contributed by atoms with Crippen molar-refractivity contribution in [3.63, 3.8) is 0 Å². The van der Waals surface area contributed by atoms with Crippen molar-refractivity contribution in [3.8, 4) is 0 Å². The zero-order chi connectivity index (χ0) is 16.0. The van der Waals surface area contributed by atoms with Crippen molar-refractivity contribution in [1.82, 2.24) is 0 Å². The van der Waals surface area contributed by atoms with Crippen LogP contribution in [0, 0.1) is 5.41 Å². The van der Waals surface area contributed by atoms with Crippen LogP contribution < -0.4 is 0 Å². The number of ketones is 1. The number of carbonyl (C=O) groups is 2. The Kier molecular flexibility index (Phi) is 5.78. The van der Waals surface area contributed by atoms with Gasteiger partial charge in [0.25, 0.3) is 0 Å². The van der Waals surface area contributed by atoms with Gasteiger partial charge in [-0.25, -0.2) is 0 Å². The van der Waals surface area contributed by atoms with Crippen LogP contribution in [0.5, 0.6) is 0 Å². The number of benzene rings is 1. The van der Waals surface area contributed by atoms with Gasteiger partial charge in [-0.1, -0.05) is 42.3 Å². The van der Waals surface area contributed by atoms with Crippen molar-refractivity contribution in [2.45, 2.75) is 39.0 Å². The molecule has 1 aromatic rings. The highest BCUT2D eigenvalue weighted by atomic mass is 35.5. The molecule has 2 rings (SSSR count). The van der Waals surface area contributed by atoms with Gasteiger partial charge in [0.15, 0.2) is 0 Å². The number of hydrogen-bond acceptors (Lipinski definition) is 3. The van der Waals surface area contributed by atoms with Crippen molar-refractivity contribution in [1.29, 1.82) is 0 Å². The molecule has 0 aliphatic heterocycles. The summed E-state index contributed by atoms with van der Waals surface area (Å²) in [7, 11) is 0. The summed E-state index contributed by atoms with van der Waals surface area (Å²) in [5.74, 6) is -0.363. The van der Waals surface area contributed by atoms with E-state index in [0.29, 0.717) is 30.9 Å². The molecule has 1 atom stereocenters. The van der Waals surface area contributed by atoms with Crippen molar-refractivity contribution in [2.75, 3.05) is 6.61 Å². The summed E-state index contributed by atoms with van der Waals surface area (Å²) < 4.78 is 5.16. The molecule has 0 aromatic heterocycles. The van der Waals surface area contributed by atoms with Gasteiger partial charge in [0.05, 0.1) is 6.61 Å². The summed E-state index contributed by atoms with van der Waals surface area (Å²) in [6.07, 6.45) is 7.00. The maximum Gasteiger partial charge on any atom is 0.319 e. The summed E-state index contributed by atoms with van der Waals surface area (Å²) in [5.41, 5.74) is 0.00338.